The smallest absolute Gasteiger partial charge is 0.329 e. The Bertz CT molecular complexity index is 1550. The molecule has 1 aliphatic rings. The first kappa shape index (κ1) is 60.1. The number of likely N-dealkylation sites (N-methyl/N-ethyl adjacent to an activating group) is 1. The van der Waals surface area contributed by atoms with Crippen molar-refractivity contribution < 1.29 is 48.1 Å². The number of rotatable bonds is 24. The zero-order chi connectivity index (χ0) is 49.5. The number of aliphatic carboxylic acids is 1. The number of carboxylic acids is 1. The van der Waals surface area contributed by atoms with E-state index in [1.807, 2.05) is 88.7 Å². The normalized spacial score (nSPS) is 17.6. The van der Waals surface area contributed by atoms with Crippen LogP contribution in [0.15, 0.2) is 30.3 Å². The Morgan fingerprint density at radius 2 is 1.48 bits per heavy atom. The summed E-state index contributed by atoms with van der Waals surface area (Å²) in [6.45, 7) is 28.0. The van der Waals surface area contributed by atoms with Crippen LogP contribution in [-0.2, 0) is 49.4 Å². The zero-order valence-corrected chi connectivity index (χ0v) is 42.6. The first-order valence-electron chi connectivity index (χ1n) is 23.5. The number of hydrogen-bond donors (Lipinski definition) is 3. The number of esters is 1. The molecule has 14 nitrogen and oxygen atoms in total. The number of carbonyl (C=O) groups excluding carboxylic acids is 5. The van der Waals surface area contributed by atoms with Crippen molar-refractivity contribution in [3.05, 3.63) is 35.9 Å². The van der Waals surface area contributed by atoms with Gasteiger partial charge in [-0.1, -0.05) is 106 Å². The maximum absolute atomic E-state index is 13.5. The van der Waals surface area contributed by atoms with Crippen LogP contribution in [0.1, 0.15) is 141 Å². The Kier molecular flexibility index (Phi) is 28.5. The van der Waals surface area contributed by atoms with Gasteiger partial charge in [0.25, 0.3) is 0 Å². The lowest BCUT2D eigenvalue weighted by Gasteiger charge is -2.35. The first-order chi connectivity index (χ1) is 29.9. The molecule has 1 fully saturated rings. The van der Waals surface area contributed by atoms with Crippen LogP contribution in [0.5, 0.6) is 0 Å². The predicted octanol–water partition coefficient (Wildman–Crippen LogP) is 7.35. The molecule has 0 bridgehead atoms. The van der Waals surface area contributed by atoms with Crippen molar-refractivity contribution in [2.75, 3.05) is 34.4 Å². The van der Waals surface area contributed by atoms with Gasteiger partial charge < -0.3 is 34.9 Å². The Balaban J connectivity index is 0.00000140. The van der Waals surface area contributed by atoms with Crippen molar-refractivity contribution in [2.45, 2.75) is 184 Å². The number of carbonyl (C=O) groups is 6. The van der Waals surface area contributed by atoms with E-state index in [9.17, 15) is 28.8 Å². The van der Waals surface area contributed by atoms with E-state index in [4.69, 9.17) is 19.3 Å². The van der Waals surface area contributed by atoms with Gasteiger partial charge >= 0.3 is 11.9 Å². The molecular formula is C50H88N4O10. The van der Waals surface area contributed by atoms with Gasteiger partial charge in [0.2, 0.25) is 17.7 Å². The van der Waals surface area contributed by atoms with E-state index in [2.05, 4.69) is 31.4 Å². The van der Waals surface area contributed by atoms with Gasteiger partial charge in [-0.05, 0) is 89.8 Å². The summed E-state index contributed by atoms with van der Waals surface area (Å²) in [4.78, 5) is 78.6. The molecule has 1 aliphatic heterocycles. The number of benzene rings is 1. The number of likely N-dealkylation sites (tertiary alicyclic amines) is 1. The molecule has 2 unspecified atom stereocenters. The average molecular weight is 905 g/mol. The third kappa shape index (κ3) is 21.0. The van der Waals surface area contributed by atoms with E-state index in [0.717, 1.165) is 24.8 Å². The lowest BCUT2D eigenvalue weighted by atomic mass is 9.87. The highest BCUT2D eigenvalue weighted by atomic mass is 16.6. The van der Waals surface area contributed by atoms with Crippen LogP contribution in [0, 0.1) is 29.6 Å². The standard InChI is InChI=1S/C32H52N2O6.C16H30N2O4.C2H6/c1-10-21(2)22(3)27(38-8)20-28(35)34-18-14-17-26(34)29(39-9)23(4)30(36)33-25(31(37)40-32(5,6)7)19-24-15-12-11-13-16-24;1-10(2)14(12(5)19)17-16(22)15(11(3)4)18(6)9-7-8-13(20)21;1-2/h11-13,15-16,21-23,25-27,29H,10,14,17-20H2,1-9H3,(H,33,36);10-11,14-15H,7-9H2,1-6H3,(H,17,22)(H,20,21);1-2H3/t21-,22-,23+,25-,26-,27+,29?;14-,15?;/m00./s1. The number of nitrogens with zero attached hydrogens (tertiary/aromatic N) is 2. The van der Waals surface area contributed by atoms with Crippen LogP contribution in [0.3, 0.4) is 0 Å². The monoisotopic (exact) mass is 905 g/mol. The van der Waals surface area contributed by atoms with E-state index >= 15 is 0 Å². The van der Waals surface area contributed by atoms with Crippen molar-refractivity contribution in [1.82, 2.24) is 20.4 Å². The minimum absolute atomic E-state index is 0.0230. The van der Waals surface area contributed by atoms with Crippen LogP contribution < -0.4 is 10.6 Å². The minimum Gasteiger partial charge on any atom is -0.481 e. The second-order valence-electron chi connectivity index (χ2n) is 18.8. The molecular weight excluding hydrogens is 817 g/mol. The second kappa shape index (κ2) is 30.3. The Morgan fingerprint density at radius 1 is 0.891 bits per heavy atom. The van der Waals surface area contributed by atoms with Crippen LogP contribution in [0.25, 0.3) is 0 Å². The molecule has 0 radical (unpaired) electrons. The molecule has 3 amide bonds. The maximum atomic E-state index is 13.5. The topological polar surface area (TPSA) is 181 Å². The summed E-state index contributed by atoms with van der Waals surface area (Å²) in [7, 11) is 5.05. The number of hydrogen-bond acceptors (Lipinski definition) is 10. The SMILES string of the molecule is CC.CC(=O)[C@@H](NC(=O)C(C(C)C)N(C)CCCC(=O)O)C(C)C.CC[C@H](C)[C@H](C)[C@@H](CC(=O)N1CCC[C@H]1C(OC)[C@@H](C)C(=O)N[C@@H](Cc1ccccc1)C(=O)OC(C)(C)C)OC. The van der Waals surface area contributed by atoms with E-state index in [-0.39, 0.29) is 65.9 Å². The molecule has 9 atom stereocenters. The number of ether oxygens (including phenoxy) is 3. The molecule has 3 N–H and O–H groups in total. The number of amides is 3. The molecule has 64 heavy (non-hydrogen) atoms. The van der Waals surface area contributed by atoms with Crippen LogP contribution >= 0.6 is 0 Å². The number of methoxy groups -OCH3 is 2. The van der Waals surface area contributed by atoms with Crippen LogP contribution in [-0.4, -0.2) is 127 Å². The third-order valence-corrected chi connectivity index (χ3v) is 12.0. The number of nitrogens with one attached hydrogen (secondary N) is 2. The van der Waals surface area contributed by atoms with E-state index in [0.29, 0.717) is 38.3 Å². The molecule has 0 aromatic heterocycles. The fourth-order valence-electron chi connectivity index (χ4n) is 8.12. The van der Waals surface area contributed by atoms with E-state index in [1.54, 1.807) is 41.9 Å². The molecule has 368 valence electrons. The van der Waals surface area contributed by atoms with Crippen molar-refractivity contribution in [3.63, 3.8) is 0 Å². The summed E-state index contributed by atoms with van der Waals surface area (Å²) < 4.78 is 17.2. The Morgan fingerprint density at radius 3 is 1.95 bits per heavy atom. The molecule has 0 spiro atoms. The fourth-order valence-corrected chi connectivity index (χ4v) is 8.12. The first-order valence-corrected chi connectivity index (χ1v) is 23.5. The fraction of sp³-hybridized carbons (Fsp3) is 0.760. The highest BCUT2D eigenvalue weighted by Gasteiger charge is 2.41. The summed E-state index contributed by atoms with van der Waals surface area (Å²) in [6, 6.07) is 7.60. The zero-order valence-electron chi connectivity index (χ0n) is 42.6. The van der Waals surface area contributed by atoms with Gasteiger partial charge in [-0.2, -0.15) is 0 Å². The lowest BCUT2D eigenvalue weighted by Crippen LogP contribution is -2.54. The number of carboxylic acid groups (broad SMARTS) is 1. The van der Waals surface area contributed by atoms with Crippen LogP contribution in [0.2, 0.25) is 0 Å². The summed E-state index contributed by atoms with van der Waals surface area (Å²) in [5.74, 6) is -1.65. The quantitative estimate of drug-likeness (QED) is 0.0883. The molecule has 1 heterocycles. The molecule has 1 saturated heterocycles. The predicted molar refractivity (Wildman–Crippen MR) is 254 cm³/mol. The van der Waals surface area contributed by atoms with Gasteiger partial charge in [0.15, 0.2) is 5.78 Å². The van der Waals surface area contributed by atoms with Gasteiger partial charge in [0, 0.05) is 33.6 Å². The summed E-state index contributed by atoms with van der Waals surface area (Å²) in [5.41, 5.74) is 0.232. The highest BCUT2D eigenvalue weighted by molar-refractivity contribution is 5.90. The van der Waals surface area contributed by atoms with Gasteiger partial charge in [-0.3, -0.25) is 28.9 Å². The Labute approximate surface area is 386 Å². The van der Waals surface area contributed by atoms with Gasteiger partial charge in [-0.15, -0.1) is 0 Å². The number of Topliss-reactive ketones (excluding diaryl/α,β-unsaturated/α-hetero) is 1. The van der Waals surface area contributed by atoms with E-state index in [1.165, 1.54) is 6.92 Å². The molecule has 2 rings (SSSR count). The maximum Gasteiger partial charge on any atom is 0.329 e. The largest absolute Gasteiger partial charge is 0.481 e. The summed E-state index contributed by atoms with van der Waals surface area (Å²) in [5, 5.41) is 14.4. The molecule has 14 heteroatoms. The molecule has 0 saturated carbocycles. The summed E-state index contributed by atoms with van der Waals surface area (Å²) >= 11 is 0. The second-order valence-corrected chi connectivity index (χ2v) is 18.8. The van der Waals surface area contributed by atoms with E-state index < -0.39 is 41.6 Å². The van der Waals surface area contributed by atoms with Crippen molar-refractivity contribution in [1.29, 1.82) is 0 Å². The van der Waals surface area contributed by atoms with Gasteiger partial charge in [0.05, 0.1) is 42.7 Å². The van der Waals surface area contributed by atoms with Gasteiger partial charge in [-0.25, -0.2) is 4.79 Å². The molecule has 1 aromatic rings. The van der Waals surface area contributed by atoms with Gasteiger partial charge in [0.1, 0.15) is 11.6 Å². The third-order valence-electron chi connectivity index (χ3n) is 12.0. The molecule has 1 aromatic carbocycles. The van der Waals surface area contributed by atoms with Crippen molar-refractivity contribution in [3.8, 4) is 0 Å². The minimum atomic E-state index is -0.847. The summed E-state index contributed by atoms with van der Waals surface area (Å²) in [6.07, 6.45) is 3.11. The highest BCUT2D eigenvalue weighted by Crippen LogP contribution is 2.30. The van der Waals surface area contributed by atoms with Crippen LogP contribution in [0.4, 0.5) is 0 Å². The van der Waals surface area contributed by atoms with Crippen molar-refractivity contribution in [2.24, 2.45) is 29.6 Å². The lowest BCUT2D eigenvalue weighted by molar-refractivity contribution is -0.159. The van der Waals surface area contributed by atoms with Crippen molar-refractivity contribution >= 4 is 35.4 Å². The average Bonchev–Trinajstić information content (AvgIpc) is 3.71. The molecule has 0 aliphatic carbocycles. The Hall–Kier alpha value is -3.88. The number of ketones is 1.